The molecule has 0 radical (unpaired) electrons. The summed E-state index contributed by atoms with van der Waals surface area (Å²) in [6, 6.07) is 4.87. The molecule has 0 aliphatic carbocycles. The van der Waals surface area contributed by atoms with Crippen LogP contribution in [0.3, 0.4) is 0 Å². The number of carbonyl (C=O) groups is 2. The molecule has 116 valence electrons. The van der Waals surface area contributed by atoms with E-state index in [0.717, 1.165) is 0 Å². The molecule has 1 atom stereocenters. The summed E-state index contributed by atoms with van der Waals surface area (Å²) in [5.74, 6) is -0.466. The van der Waals surface area contributed by atoms with Crippen molar-refractivity contribution in [3.05, 3.63) is 29.8 Å². The fourth-order valence-corrected chi connectivity index (χ4v) is 2.06. The van der Waals surface area contributed by atoms with Crippen molar-refractivity contribution >= 4 is 19.7 Å². The van der Waals surface area contributed by atoms with Crippen molar-refractivity contribution in [2.24, 2.45) is 0 Å². The molecule has 0 spiro atoms. The third kappa shape index (κ3) is 6.75. The van der Waals surface area contributed by atoms with Crippen molar-refractivity contribution in [1.29, 1.82) is 0 Å². The summed E-state index contributed by atoms with van der Waals surface area (Å²) in [5.41, 5.74) is 4.60. The Morgan fingerprint density at radius 3 is 2.43 bits per heavy atom. The minimum Gasteiger partial charge on any atom is -0.508 e. The van der Waals surface area contributed by atoms with Crippen LogP contribution in [0.25, 0.3) is 0 Å². The highest BCUT2D eigenvalue weighted by atomic mass is 31.2. The minimum absolute atomic E-state index is 0.0389. The van der Waals surface area contributed by atoms with E-state index >= 15 is 0 Å². The van der Waals surface area contributed by atoms with E-state index in [4.69, 9.17) is 10.00 Å². The molecule has 1 rings (SSSR count). The van der Waals surface area contributed by atoms with Gasteiger partial charge in [0.1, 0.15) is 5.75 Å². The van der Waals surface area contributed by atoms with Crippen LogP contribution >= 0.6 is 7.75 Å². The molecule has 5 N–H and O–H groups in total. The van der Waals surface area contributed by atoms with Crippen LogP contribution < -0.4 is 15.9 Å². The predicted octanol–water partition coefficient (Wildman–Crippen LogP) is 0.402. The van der Waals surface area contributed by atoms with Crippen molar-refractivity contribution in [1.82, 2.24) is 15.9 Å². The minimum atomic E-state index is -4.22. The van der Waals surface area contributed by atoms with Gasteiger partial charge in [0.2, 0.25) is 5.91 Å². The number of benzene rings is 1. The van der Waals surface area contributed by atoms with Gasteiger partial charge < -0.3 is 10.00 Å². The number of carbonyl (C=O) groups excluding carboxylic acids is 2. The smallest absolute Gasteiger partial charge is 0.433 e. The zero-order valence-electron chi connectivity index (χ0n) is 11.2. The number of aromatic hydroxyl groups is 1. The second-order valence-electron chi connectivity index (χ2n) is 3.90. The number of hydrogen-bond acceptors (Lipinski definition) is 5. The Bertz CT molecular complexity index is 547. The van der Waals surface area contributed by atoms with Crippen LogP contribution in [0.1, 0.15) is 12.5 Å². The first kappa shape index (κ1) is 17.0. The van der Waals surface area contributed by atoms with E-state index in [9.17, 15) is 14.2 Å². The van der Waals surface area contributed by atoms with Crippen LogP contribution in [-0.4, -0.2) is 28.5 Å². The summed E-state index contributed by atoms with van der Waals surface area (Å²) in [6.45, 7) is 1.43. The zero-order chi connectivity index (χ0) is 15.9. The summed E-state index contributed by atoms with van der Waals surface area (Å²) < 4.78 is 15.6. The lowest BCUT2D eigenvalue weighted by Crippen LogP contribution is -2.46. The van der Waals surface area contributed by atoms with Gasteiger partial charge in [-0.3, -0.25) is 14.7 Å². The molecule has 21 heavy (non-hydrogen) atoms. The van der Waals surface area contributed by atoms with Crippen LogP contribution in [0.5, 0.6) is 5.75 Å². The van der Waals surface area contributed by atoms with Gasteiger partial charge >= 0.3 is 13.8 Å². The molecular weight excluding hydrogens is 301 g/mol. The number of phenolic OH excluding ortho intramolecular Hbond substituents is 1. The molecule has 9 nitrogen and oxygen atoms in total. The van der Waals surface area contributed by atoms with Gasteiger partial charge in [-0.15, -0.1) is 0 Å². The number of phenols is 1. The number of hydrazine groups is 1. The highest BCUT2D eigenvalue weighted by Crippen LogP contribution is 2.35. The molecule has 0 saturated heterocycles. The number of hydrogen-bond donors (Lipinski definition) is 5. The van der Waals surface area contributed by atoms with E-state index in [1.165, 1.54) is 19.1 Å². The predicted molar refractivity (Wildman–Crippen MR) is 73.1 cm³/mol. The lowest BCUT2D eigenvalue weighted by Gasteiger charge is -2.13. The van der Waals surface area contributed by atoms with Crippen LogP contribution in [0, 0.1) is 0 Å². The molecule has 1 aromatic carbocycles. The molecule has 1 unspecified atom stereocenters. The molecular formula is C11H16N3O6P. The first-order chi connectivity index (χ1) is 9.82. The maximum Gasteiger partial charge on any atom is 0.433 e. The molecule has 0 fully saturated rings. The Balaban J connectivity index is 2.37. The summed E-state index contributed by atoms with van der Waals surface area (Å²) in [5, 5.41) is 10.8. The first-order valence-electron chi connectivity index (χ1n) is 5.94. The molecule has 0 aliphatic rings. The van der Waals surface area contributed by atoms with Crippen molar-refractivity contribution in [3.8, 4) is 5.75 Å². The van der Waals surface area contributed by atoms with E-state index < -0.39 is 19.7 Å². The van der Waals surface area contributed by atoms with Gasteiger partial charge in [0.25, 0.3) is 0 Å². The van der Waals surface area contributed by atoms with Gasteiger partial charge in [-0.05, 0) is 24.6 Å². The standard InChI is InChI=1S/C11H16N3O6P/c1-2-20-21(18,19)14-11(17)13-12-10(16)7-8-3-5-9(15)6-4-8/h3-6,15H,2,7H2,1H3,(H,12,16)(H3,13,14,17,18,19). The van der Waals surface area contributed by atoms with Gasteiger partial charge in [0, 0.05) is 0 Å². The van der Waals surface area contributed by atoms with E-state index in [1.807, 2.05) is 5.43 Å². The van der Waals surface area contributed by atoms with Crippen molar-refractivity contribution in [2.45, 2.75) is 13.3 Å². The Labute approximate surface area is 120 Å². The average molecular weight is 317 g/mol. The second kappa shape index (κ2) is 7.63. The summed E-state index contributed by atoms with van der Waals surface area (Å²) in [7, 11) is -4.22. The van der Waals surface area contributed by atoms with Crippen molar-refractivity contribution < 1.29 is 28.7 Å². The van der Waals surface area contributed by atoms with Crippen LogP contribution in [0.15, 0.2) is 24.3 Å². The van der Waals surface area contributed by atoms with Crippen LogP contribution in [0.4, 0.5) is 4.79 Å². The van der Waals surface area contributed by atoms with E-state index in [-0.39, 0.29) is 18.8 Å². The number of rotatable bonds is 5. The topological polar surface area (TPSA) is 137 Å². The van der Waals surface area contributed by atoms with E-state index in [0.29, 0.717) is 5.56 Å². The summed E-state index contributed by atoms with van der Waals surface area (Å²) in [6.07, 6.45) is -0.0389. The van der Waals surface area contributed by atoms with Crippen molar-refractivity contribution in [2.75, 3.05) is 6.61 Å². The second-order valence-corrected chi connectivity index (χ2v) is 5.42. The van der Waals surface area contributed by atoms with Crippen molar-refractivity contribution in [3.63, 3.8) is 0 Å². The van der Waals surface area contributed by atoms with Gasteiger partial charge in [-0.2, -0.15) is 0 Å². The molecule has 0 aromatic heterocycles. The molecule has 0 bridgehead atoms. The Morgan fingerprint density at radius 2 is 1.86 bits per heavy atom. The highest BCUT2D eigenvalue weighted by molar-refractivity contribution is 7.51. The number of urea groups is 1. The summed E-state index contributed by atoms with van der Waals surface area (Å²) in [4.78, 5) is 31.9. The van der Waals surface area contributed by atoms with Gasteiger partial charge in [0.15, 0.2) is 0 Å². The van der Waals surface area contributed by atoms with Gasteiger partial charge in [-0.1, -0.05) is 12.1 Å². The van der Waals surface area contributed by atoms with E-state index in [1.54, 1.807) is 17.2 Å². The molecule has 10 heteroatoms. The van der Waals surface area contributed by atoms with Gasteiger partial charge in [0.05, 0.1) is 13.0 Å². The fraction of sp³-hybridized carbons (Fsp3) is 0.273. The largest absolute Gasteiger partial charge is 0.508 e. The quantitative estimate of drug-likeness (QED) is 0.394. The Hall–Kier alpha value is -2.09. The molecule has 0 heterocycles. The molecule has 3 amide bonds. The maximum absolute atomic E-state index is 11.5. The Kier molecular flexibility index (Phi) is 6.16. The number of amides is 3. The van der Waals surface area contributed by atoms with Crippen LogP contribution in [0.2, 0.25) is 0 Å². The third-order valence-corrected chi connectivity index (χ3v) is 3.26. The molecule has 0 aliphatic heterocycles. The molecule has 0 saturated carbocycles. The first-order valence-corrected chi connectivity index (χ1v) is 7.52. The normalized spacial score (nSPS) is 13.0. The zero-order valence-corrected chi connectivity index (χ0v) is 12.1. The monoisotopic (exact) mass is 317 g/mol. The van der Waals surface area contributed by atoms with E-state index in [2.05, 4.69) is 9.95 Å². The third-order valence-electron chi connectivity index (χ3n) is 2.16. The average Bonchev–Trinajstić information content (AvgIpc) is 2.38. The molecule has 1 aromatic rings. The highest BCUT2D eigenvalue weighted by Gasteiger charge is 2.21. The lowest BCUT2D eigenvalue weighted by atomic mass is 10.1. The Morgan fingerprint density at radius 1 is 1.24 bits per heavy atom. The summed E-state index contributed by atoms with van der Waals surface area (Å²) >= 11 is 0. The lowest BCUT2D eigenvalue weighted by molar-refractivity contribution is -0.121. The van der Waals surface area contributed by atoms with Crippen LogP contribution in [-0.2, 0) is 20.3 Å². The fourth-order valence-electron chi connectivity index (χ4n) is 1.33. The SMILES string of the molecule is CCOP(=O)(O)NC(=O)NNC(=O)Cc1ccc(O)cc1. The maximum atomic E-state index is 11.5. The van der Waals surface area contributed by atoms with Gasteiger partial charge in [-0.25, -0.2) is 19.9 Å². The number of nitrogens with one attached hydrogen (secondary N) is 3.